The van der Waals surface area contributed by atoms with E-state index in [1.807, 2.05) is 24.3 Å². The summed E-state index contributed by atoms with van der Waals surface area (Å²) >= 11 is 6.68. The van der Waals surface area contributed by atoms with Crippen molar-refractivity contribution in [2.24, 2.45) is 0 Å². The molecule has 2 aromatic carbocycles. The fraction of sp³-hybridized carbons (Fsp3) is 0. The maximum absolute atomic E-state index is 12.4. The molecule has 0 fully saturated rings. The van der Waals surface area contributed by atoms with Gasteiger partial charge in [-0.3, -0.25) is 9.59 Å². The number of nitrogens with one attached hydrogen (secondary N) is 1. The molecule has 110 valence electrons. The molecule has 22 heavy (non-hydrogen) atoms. The van der Waals surface area contributed by atoms with Gasteiger partial charge in [0.15, 0.2) is 0 Å². The smallest absolute Gasteiger partial charge is 0.281 e. The van der Waals surface area contributed by atoms with Crippen molar-refractivity contribution in [1.82, 2.24) is 0 Å². The molecule has 4 nitrogen and oxygen atoms in total. The van der Waals surface area contributed by atoms with Gasteiger partial charge in [0.25, 0.3) is 11.8 Å². The molecule has 6 heteroatoms. The largest absolute Gasteiger partial charge is 0.351 e. The lowest BCUT2D eigenvalue weighted by molar-refractivity contribution is -0.120. The third-order valence-electron chi connectivity index (χ3n) is 3.13. The van der Waals surface area contributed by atoms with Crippen LogP contribution in [0.25, 0.3) is 0 Å². The first-order chi connectivity index (χ1) is 10.5. The van der Waals surface area contributed by atoms with Gasteiger partial charge in [-0.2, -0.15) is 0 Å². The minimum absolute atomic E-state index is 0.259. The van der Waals surface area contributed by atoms with E-state index < -0.39 is 0 Å². The van der Waals surface area contributed by atoms with Gasteiger partial charge in [-0.1, -0.05) is 31.9 Å². The normalized spacial score (nSPS) is 14.3. The number of imide groups is 1. The highest BCUT2D eigenvalue weighted by molar-refractivity contribution is 9.10. The monoisotopic (exact) mass is 420 g/mol. The summed E-state index contributed by atoms with van der Waals surface area (Å²) in [7, 11) is 0. The summed E-state index contributed by atoms with van der Waals surface area (Å²) in [6.07, 6.45) is 1.31. The van der Waals surface area contributed by atoms with Gasteiger partial charge in [-0.15, -0.1) is 0 Å². The molecular weight excluding hydrogens is 412 g/mol. The third kappa shape index (κ3) is 2.98. The van der Waals surface area contributed by atoms with Crippen molar-refractivity contribution in [2.75, 3.05) is 10.2 Å². The number of carbonyl (C=O) groups excluding carboxylic acids is 2. The van der Waals surface area contributed by atoms with Crippen LogP contribution in [0.2, 0.25) is 0 Å². The Kier molecular flexibility index (Phi) is 4.13. The SMILES string of the molecule is O=C1C=C(Nc2ccc(Br)cc2)C(=O)N1c1ccc(Br)cc1. The fourth-order valence-electron chi connectivity index (χ4n) is 2.08. The molecule has 3 rings (SSSR count). The standard InChI is InChI=1S/C16H10Br2N2O2/c17-10-1-5-12(6-2-10)19-14-9-15(21)20(16(14)22)13-7-3-11(18)4-8-13/h1-9,19H. The molecule has 0 aliphatic carbocycles. The van der Waals surface area contributed by atoms with Crippen LogP contribution in [0, 0.1) is 0 Å². The van der Waals surface area contributed by atoms with E-state index in [0.29, 0.717) is 5.69 Å². The van der Waals surface area contributed by atoms with E-state index in [2.05, 4.69) is 37.2 Å². The average Bonchev–Trinajstić information content (AvgIpc) is 2.77. The molecule has 0 bridgehead atoms. The van der Waals surface area contributed by atoms with Crippen LogP contribution < -0.4 is 10.2 Å². The van der Waals surface area contributed by atoms with Crippen LogP contribution >= 0.6 is 31.9 Å². The van der Waals surface area contributed by atoms with Gasteiger partial charge in [-0.25, -0.2) is 4.90 Å². The van der Waals surface area contributed by atoms with Gasteiger partial charge < -0.3 is 5.32 Å². The number of hydrogen-bond donors (Lipinski definition) is 1. The average molecular weight is 422 g/mol. The Balaban J connectivity index is 1.82. The topological polar surface area (TPSA) is 49.4 Å². The fourth-order valence-corrected chi connectivity index (χ4v) is 2.61. The molecule has 2 amide bonds. The molecule has 1 heterocycles. The highest BCUT2D eigenvalue weighted by Crippen LogP contribution is 2.25. The number of rotatable bonds is 3. The summed E-state index contributed by atoms with van der Waals surface area (Å²) in [5.41, 5.74) is 1.55. The lowest BCUT2D eigenvalue weighted by atomic mass is 10.3. The Labute approximate surface area is 144 Å². The Hall–Kier alpha value is -1.92. The van der Waals surface area contributed by atoms with Crippen LogP contribution in [-0.2, 0) is 9.59 Å². The van der Waals surface area contributed by atoms with E-state index >= 15 is 0 Å². The molecule has 0 atom stereocenters. The van der Waals surface area contributed by atoms with Crippen LogP contribution in [-0.4, -0.2) is 11.8 Å². The minimum atomic E-state index is -0.366. The van der Waals surface area contributed by atoms with Crippen LogP contribution in [0.3, 0.4) is 0 Å². The number of benzene rings is 2. The second-order valence-electron chi connectivity index (χ2n) is 4.65. The molecule has 0 radical (unpaired) electrons. The maximum Gasteiger partial charge on any atom is 0.281 e. The van der Waals surface area contributed by atoms with Crippen molar-refractivity contribution in [3.05, 3.63) is 69.2 Å². The highest BCUT2D eigenvalue weighted by atomic mass is 79.9. The van der Waals surface area contributed by atoms with E-state index in [1.54, 1.807) is 24.3 Å². The quantitative estimate of drug-likeness (QED) is 0.759. The summed E-state index contributed by atoms with van der Waals surface area (Å²) in [6.45, 7) is 0. The van der Waals surface area contributed by atoms with E-state index in [9.17, 15) is 9.59 Å². The number of anilines is 2. The molecule has 1 aliphatic heterocycles. The second-order valence-corrected chi connectivity index (χ2v) is 6.48. The Morgan fingerprint density at radius 3 is 1.95 bits per heavy atom. The number of amides is 2. The molecule has 0 spiro atoms. The maximum atomic E-state index is 12.4. The van der Waals surface area contributed by atoms with Crippen LogP contribution in [0.15, 0.2) is 69.2 Å². The highest BCUT2D eigenvalue weighted by Gasteiger charge is 2.32. The van der Waals surface area contributed by atoms with Gasteiger partial charge in [0.05, 0.1) is 5.69 Å². The number of carbonyl (C=O) groups is 2. The van der Waals surface area contributed by atoms with Crippen LogP contribution in [0.1, 0.15) is 0 Å². The van der Waals surface area contributed by atoms with Gasteiger partial charge in [0, 0.05) is 20.7 Å². The van der Waals surface area contributed by atoms with E-state index in [-0.39, 0.29) is 17.5 Å². The van der Waals surface area contributed by atoms with E-state index in [0.717, 1.165) is 19.5 Å². The molecule has 2 aromatic rings. The van der Waals surface area contributed by atoms with Gasteiger partial charge >= 0.3 is 0 Å². The number of hydrogen-bond acceptors (Lipinski definition) is 3. The molecule has 0 unspecified atom stereocenters. The molecule has 0 saturated heterocycles. The summed E-state index contributed by atoms with van der Waals surface area (Å²) in [5.74, 6) is -0.720. The van der Waals surface area contributed by atoms with Crippen LogP contribution in [0.5, 0.6) is 0 Å². The number of halogens is 2. The summed E-state index contributed by atoms with van der Waals surface area (Å²) in [4.78, 5) is 25.7. The zero-order chi connectivity index (χ0) is 15.7. The second kappa shape index (κ2) is 6.06. The molecular formula is C16H10Br2N2O2. The van der Waals surface area contributed by atoms with Gasteiger partial charge in [-0.05, 0) is 48.5 Å². The Morgan fingerprint density at radius 2 is 1.36 bits per heavy atom. The van der Waals surface area contributed by atoms with Crippen molar-refractivity contribution < 1.29 is 9.59 Å². The summed E-state index contributed by atoms with van der Waals surface area (Å²) < 4.78 is 1.83. The summed E-state index contributed by atoms with van der Waals surface area (Å²) in [6, 6.07) is 14.4. The first-order valence-electron chi connectivity index (χ1n) is 6.43. The van der Waals surface area contributed by atoms with Crippen molar-refractivity contribution >= 4 is 55.0 Å². The van der Waals surface area contributed by atoms with Crippen molar-refractivity contribution in [3.8, 4) is 0 Å². The summed E-state index contributed by atoms with van der Waals surface area (Å²) in [5, 5.41) is 2.98. The van der Waals surface area contributed by atoms with Crippen molar-refractivity contribution in [2.45, 2.75) is 0 Å². The predicted molar refractivity (Wildman–Crippen MR) is 92.5 cm³/mol. The van der Waals surface area contributed by atoms with Crippen molar-refractivity contribution in [1.29, 1.82) is 0 Å². The molecule has 1 N–H and O–H groups in total. The van der Waals surface area contributed by atoms with E-state index in [1.165, 1.54) is 6.08 Å². The lowest BCUT2D eigenvalue weighted by Gasteiger charge is -2.15. The van der Waals surface area contributed by atoms with Gasteiger partial charge in [0.2, 0.25) is 0 Å². The molecule has 1 aliphatic rings. The molecule has 0 aromatic heterocycles. The zero-order valence-corrected chi connectivity index (χ0v) is 14.4. The first-order valence-corrected chi connectivity index (χ1v) is 8.01. The van der Waals surface area contributed by atoms with E-state index in [4.69, 9.17) is 0 Å². The zero-order valence-electron chi connectivity index (χ0n) is 11.2. The Morgan fingerprint density at radius 1 is 0.818 bits per heavy atom. The van der Waals surface area contributed by atoms with Crippen molar-refractivity contribution in [3.63, 3.8) is 0 Å². The number of nitrogens with zero attached hydrogens (tertiary/aromatic N) is 1. The van der Waals surface area contributed by atoms with Gasteiger partial charge in [0.1, 0.15) is 5.70 Å². The third-order valence-corrected chi connectivity index (χ3v) is 4.19. The Bertz CT molecular complexity index is 768. The molecule has 0 saturated carbocycles. The van der Waals surface area contributed by atoms with Crippen LogP contribution in [0.4, 0.5) is 11.4 Å². The lowest BCUT2D eigenvalue weighted by Crippen LogP contribution is -2.31. The minimum Gasteiger partial charge on any atom is -0.351 e. The predicted octanol–water partition coefficient (Wildman–Crippen LogP) is 4.08. The first kappa shape index (κ1) is 15.0.